The molecule has 6 heteroatoms. The number of hydrogen-bond donors (Lipinski definition) is 0. The van der Waals surface area contributed by atoms with Crippen molar-refractivity contribution in [3.63, 3.8) is 0 Å². The maximum atomic E-state index is 12.9. The average Bonchev–Trinajstić information content (AvgIpc) is 2.76. The summed E-state index contributed by atoms with van der Waals surface area (Å²) in [5.41, 5.74) is 3.60. The molecule has 0 saturated heterocycles. The van der Waals surface area contributed by atoms with Gasteiger partial charge in [0.25, 0.3) is 5.56 Å². The summed E-state index contributed by atoms with van der Waals surface area (Å²) in [6.07, 6.45) is 2.87. The van der Waals surface area contributed by atoms with Gasteiger partial charge in [-0.1, -0.05) is 54.1 Å². The predicted octanol–water partition coefficient (Wildman–Crippen LogP) is 5.35. The van der Waals surface area contributed by atoms with Crippen LogP contribution in [-0.4, -0.2) is 17.5 Å². The fourth-order valence-electron chi connectivity index (χ4n) is 3.39. The van der Waals surface area contributed by atoms with Crippen LogP contribution in [0.15, 0.2) is 59.4 Å². The number of para-hydroxylation sites is 1. The van der Waals surface area contributed by atoms with Crippen molar-refractivity contribution in [1.29, 1.82) is 0 Å². The summed E-state index contributed by atoms with van der Waals surface area (Å²) in [5, 5.41) is 0.601. The van der Waals surface area contributed by atoms with E-state index in [-0.39, 0.29) is 5.56 Å². The van der Waals surface area contributed by atoms with Gasteiger partial charge in [0, 0.05) is 17.8 Å². The van der Waals surface area contributed by atoms with Crippen LogP contribution >= 0.6 is 34.2 Å². The first-order chi connectivity index (χ1) is 14.5. The molecule has 3 rings (SSSR count). The van der Waals surface area contributed by atoms with Gasteiger partial charge in [-0.2, -0.15) is 0 Å². The fourth-order valence-corrected chi connectivity index (χ4v) is 4.48. The first-order valence-electron chi connectivity index (χ1n) is 9.86. The lowest BCUT2D eigenvalue weighted by Crippen LogP contribution is -2.27. The molecule has 30 heavy (non-hydrogen) atoms. The lowest BCUT2D eigenvalue weighted by atomic mass is 10.1. The Kier molecular flexibility index (Phi) is 8.10. The van der Waals surface area contributed by atoms with Crippen LogP contribution in [0.4, 0.5) is 0 Å². The summed E-state index contributed by atoms with van der Waals surface area (Å²) in [7, 11) is 0. The van der Waals surface area contributed by atoms with Crippen molar-refractivity contribution in [2.24, 2.45) is 0 Å². The molecule has 0 spiro atoms. The van der Waals surface area contributed by atoms with E-state index < -0.39 is 0 Å². The van der Waals surface area contributed by atoms with E-state index in [2.05, 4.69) is 0 Å². The third-order valence-electron chi connectivity index (χ3n) is 4.95. The highest BCUT2D eigenvalue weighted by Crippen LogP contribution is 2.23. The average molecular weight is 536 g/mol. The highest BCUT2D eigenvalue weighted by molar-refractivity contribution is 14.1. The predicted molar refractivity (Wildman–Crippen MR) is 129 cm³/mol. The summed E-state index contributed by atoms with van der Waals surface area (Å²) in [5.74, 6) is 0.866. The van der Waals surface area contributed by atoms with Crippen LogP contribution in [0.3, 0.4) is 0 Å². The van der Waals surface area contributed by atoms with Gasteiger partial charge in [0.05, 0.1) is 15.2 Å². The maximum Gasteiger partial charge on any atom is 0.264 e. The summed E-state index contributed by atoms with van der Waals surface area (Å²) in [6, 6.07) is 17.1. The summed E-state index contributed by atoms with van der Waals surface area (Å²) < 4.78 is 8.11. The van der Waals surface area contributed by atoms with Crippen LogP contribution in [0.25, 0.3) is 0 Å². The van der Waals surface area contributed by atoms with E-state index in [1.165, 1.54) is 0 Å². The zero-order valence-electron chi connectivity index (χ0n) is 16.7. The van der Waals surface area contributed by atoms with Gasteiger partial charge in [-0.15, -0.1) is 0 Å². The van der Waals surface area contributed by atoms with Crippen molar-refractivity contribution in [3.8, 4) is 5.75 Å². The van der Waals surface area contributed by atoms with Gasteiger partial charge in [-0.3, -0.25) is 9.59 Å². The van der Waals surface area contributed by atoms with Crippen LogP contribution in [0.5, 0.6) is 5.75 Å². The Morgan fingerprint density at radius 2 is 1.80 bits per heavy atom. The van der Waals surface area contributed by atoms with Crippen LogP contribution in [0, 0.1) is 3.57 Å². The number of rotatable bonds is 9. The number of halogens is 2. The van der Waals surface area contributed by atoms with E-state index in [0.717, 1.165) is 35.3 Å². The molecule has 0 aliphatic carbocycles. The number of carbonyl (C=O) groups is 1. The standard InChI is InChI=1S/C24H23ClINO3/c1-2-30-23-6-4-3-5-19(23)11-12-22-20(25)15-21(26)24(29)27(22)14-13-17-7-9-18(16-28)10-8-17/h3-10,15-16H,2,11-14H2,1H3. The molecule has 0 bridgehead atoms. The minimum atomic E-state index is -0.0300. The lowest BCUT2D eigenvalue weighted by Gasteiger charge is -2.16. The molecule has 0 fully saturated rings. The number of aromatic nitrogens is 1. The van der Waals surface area contributed by atoms with E-state index in [1.807, 2.05) is 65.9 Å². The van der Waals surface area contributed by atoms with Gasteiger partial charge in [0.15, 0.2) is 0 Å². The van der Waals surface area contributed by atoms with Crippen molar-refractivity contribution in [2.75, 3.05) is 6.61 Å². The number of hydrogen-bond acceptors (Lipinski definition) is 3. The molecular weight excluding hydrogens is 513 g/mol. The number of nitrogens with zero attached hydrogens (tertiary/aromatic N) is 1. The van der Waals surface area contributed by atoms with Gasteiger partial charge in [-0.25, -0.2) is 0 Å². The largest absolute Gasteiger partial charge is 0.494 e. The van der Waals surface area contributed by atoms with E-state index in [4.69, 9.17) is 16.3 Å². The van der Waals surface area contributed by atoms with E-state index in [0.29, 0.717) is 40.1 Å². The number of carbonyl (C=O) groups excluding carboxylic acids is 1. The Bertz CT molecular complexity index is 1080. The summed E-state index contributed by atoms with van der Waals surface area (Å²) in [6.45, 7) is 3.10. The molecule has 0 radical (unpaired) electrons. The fraction of sp³-hybridized carbons (Fsp3) is 0.250. The number of pyridine rings is 1. The first-order valence-corrected chi connectivity index (χ1v) is 11.3. The van der Waals surface area contributed by atoms with Gasteiger partial charge >= 0.3 is 0 Å². The molecule has 156 valence electrons. The molecule has 3 aromatic rings. The van der Waals surface area contributed by atoms with Crippen molar-refractivity contribution in [3.05, 3.63) is 95.9 Å². The molecule has 2 aromatic carbocycles. The quantitative estimate of drug-likeness (QED) is 0.274. The topological polar surface area (TPSA) is 48.3 Å². The van der Waals surface area contributed by atoms with Gasteiger partial charge in [0.1, 0.15) is 12.0 Å². The molecule has 0 N–H and O–H groups in total. The highest BCUT2D eigenvalue weighted by atomic mass is 127. The Morgan fingerprint density at radius 1 is 1.07 bits per heavy atom. The third-order valence-corrected chi connectivity index (χ3v) is 6.05. The molecule has 0 saturated carbocycles. The number of benzene rings is 2. The third kappa shape index (κ3) is 5.52. The minimum Gasteiger partial charge on any atom is -0.494 e. The van der Waals surface area contributed by atoms with E-state index in [9.17, 15) is 9.59 Å². The van der Waals surface area contributed by atoms with Crippen LogP contribution in [0.2, 0.25) is 5.02 Å². The second-order valence-corrected chi connectivity index (χ2v) is 8.46. The molecule has 0 amide bonds. The van der Waals surface area contributed by atoms with Crippen molar-refractivity contribution >= 4 is 40.5 Å². The van der Waals surface area contributed by atoms with Crippen molar-refractivity contribution < 1.29 is 9.53 Å². The van der Waals surface area contributed by atoms with Crippen LogP contribution in [0.1, 0.15) is 34.1 Å². The minimum absolute atomic E-state index is 0.0300. The smallest absolute Gasteiger partial charge is 0.264 e. The Morgan fingerprint density at radius 3 is 2.50 bits per heavy atom. The normalized spacial score (nSPS) is 10.8. The lowest BCUT2D eigenvalue weighted by molar-refractivity contribution is 0.112. The molecule has 0 atom stereocenters. The molecule has 0 unspecified atom stereocenters. The Labute approximate surface area is 195 Å². The zero-order valence-corrected chi connectivity index (χ0v) is 19.7. The number of ether oxygens (including phenoxy) is 1. The molecule has 1 heterocycles. The maximum absolute atomic E-state index is 12.9. The second-order valence-electron chi connectivity index (χ2n) is 6.89. The second kappa shape index (κ2) is 10.8. The van der Waals surface area contributed by atoms with Crippen molar-refractivity contribution in [2.45, 2.75) is 32.7 Å². The van der Waals surface area contributed by atoms with Crippen molar-refractivity contribution in [1.82, 2.24) is 4.57 Å². The first kappa shape index (κ1) is 22.6. The number of aryl methyl sites for hydroxylation is 2. The van der Waals surface area contributed by atoms with Crippen LogP contribution < -0.4 is 10.3 Å². The molecule has 0 aliphatic rings. The molecule has 1 aromatic heterocycles. The Hall–Kier alpha value is -2.12. The number of aldehydes is 1. The summed E-state index contributed by atoms with van der Waals surface area (Å²) in [4.78, 5) is 23.7. The molecule has 0 aliphatic heterocycles. The summed E-state index contributed by atoms with van der Waals surface area (Å²) >= 11 is 8.60. The zero-order chi connectivity index (χ0) is 21.5. The van der Waals surface area contributed by atoms with Gasteiger partial charge < -0.3 is 9.30 Å². The van der Waals surface area contributed by atoms with Gasteiger partial charge in [-0.05, 0) is 72.0 Å². The SMILES string of the molecule is CCOc1ccccc1CCc1c(Cl)cc(I)c(=O)n1CCc1ccc(C=O)cc1. The van der Waals surface area contributed by atoms with Crippen LogP contribution in [-0.2, 0) is 25.8 Å². The monoisotopic (exact) mass is 535 g/mol. The Balaban J connectivity index is 1.84. The molecule has 4 nitrogen and oxygen atoms in total. The van der Waals surface area contributed by atoms with Gasteiger partial charge in [0.2, 0.25) is 0 Å². The molecular formula is C24H23ClINO3. The van der Waals surface area contributed by atoms with E-state index >= 15 is 0 Å². The highest BCUT2D eigenvalue weighted by Gasteiger charge is 2.14. The van der Waals surface area contributed by atoms with E-state index in [1.54, 1.807) is 22.8 Å².